The number of benzene rings is 1. The van der Waals surface area contributed by atoms with Crippen molar-refractivity contribution in [2.45, 2.75) is 26.2 Å². The molecule has 0 aliphatic heterocycles. The summed E-state index contributed by atoms with van der Waals surface area (Å²) >= 11 is 0. The lowest BCUT2D eigenvalue weighted by atomic mass is 9.99. The van der Waals surface area contributed by atoms with Gasteiger partial charge in [-0.2, -0.15) is 0 Å². The summed E-state index contributed by atoms with van der Waals surface area (Å²) in [5.74, 6) is 1.40. The quantitative estimate of drug-likeness (QED) is 0.680. The van der Waals surface area contributed by atoms with Gasteiger partial charge >= 0.3 is 0 Å². The van der Waals surface area contributed by atoms with E-state index in [9.17, 15) is 4.79 Å². The number of rotatable bonds is 1. The molecule has 0 radical (unpaired) electrons. The van der Waals surface area contributed by atoms with Crippen molar-refractivity contribution < 1.29 is 9.53 Å². The van der Waals surface area contributed by atoms with Crippen molar-refractivity contribution >= 4 is 5.78 Å². The lowest BCUT2D eigenvalue weighted by Gasteiger charge is -2.11. The number of hydrogen-bond acceptors (Lipinski definition) is 2. The zero-order valence-electron chi connectivity index (χ0n) is 8.76. The number of Topliss-reactive ketones (excluding diaryl/α,β-unsaturated/α-hetero) is 1. The molecule has 1 aromatic carbocycles. The summed E-state index contributed by atoms with van der Waals surface area (Å²) in [6, 6.07) is 3.90. The first-order chi connectivity index (χ1) is 6.65. The highest BCUT2D eigenvalue weighted by atomic mass is 16.5. The lowest BCUT2D eigenvalue weighted by Crippen LogP contribution is -1.97. The molecule has 0 saturated carbocycles. The third-order valence-electron chi connectivity index (χ3n) is 2.90. The van der Waals surface area contributed by atoms with Crippen LogP contribution in [0.4, 0.5) is 0 Å². The maximum absolute atomic E-state index is 11.7. The normalized spacial score (nSPS) is 19.6. The molecule has 0 saturated heterocycles. The Morgan fingerprint density at radius 1 is 1.43 bits per heavy atom. The summed E-state index contributed by atoms with van der Waals surface area (Å²) < 4.78 is 5.28. The van der Waals surface area contributed by atoms with Gasteiger partial charge in [0.15, 0.2) is 5.78 Å². The van der Waals surface area contributed by atoms with Gasteiger partial charge in [0.2, 0.25) is 0 Å². The number of hydrogen-bond donors (Lipinski definition) is 0. The van der Waals surface area contributed by atoms with Gasteiger partial charge in [0.05, 0.1) is 7.11 Å². The van der Waals surface area contributed by atoms with E-state index >= 15 is 0 Å². The highest BCUT2D eigenvalue weighted by Gasteiger charge is 2.30. The fraction of sp³-hybridized carbons (Fsp3) is 0.417. The second-order valence-electron chi connectivity index (χ2n) is 3.90. The largest absolute Gasteiger partial charge is 0.496 e. The summed E-state index contributed by atoms with van der Waals surface area (Å²) in [5, 5.41) is 0. The SMILES string of the molecule is COc1ccc(C)c2c1C(C)CC2=O. The highest BCUT2D eigenvalue weighted by Crippen LogP contribution is 2.40. The number of aryl methyl sites for hydroxylation is 1. The summed E-state index contributed by atoms with van der Waals surface area (Å²) in [5.41, 5.74) is 3.05. The van der Waals surface area contributed by atoms with Crippen LogP contribution in [0.25, 0.3) is 0 Å². The van der Waals surface area contributed by atoms with Gasteiger partial charge in [-0.15, -0.1) is 0 Å². The Morgan fingerprint density at radius 3 is 2.79 bits per heavy atom. The van der Waals surface area contributed by atoms with E-state index in [1.807, 2.05) is 19.1 Å². The molecule has 0 bridgehead atoms. The third-order valence-corrected chi connectivity index (χ3v) is 2.90. The lowest BCUT2D eigenvalue weighted by molar-refractivity contribution is 0.0989. The molecule has 74 valence electrons. The predicted molar refractivity (Wildman–Crippen MR) is 55.1 cm³/mol. The average molecular weight is 190 g/mol. The van der Waals surface area contributed by atoms with E-state index in [2.05, 4.69) is 6.92 Å². The van der Waals surface area contributed by atoms with Gasteiger partial charge in [-0.3, -0.25) is 4.79 Å². The Balaban J connectivity index is 2.69. The van der Waals surface area contributed by atoms with Crippen molar-refractivity contribution in [1.29, 1.82) is 0 Å². The van der Waals surface area contributed by atoms with Gasteiger partial charge in [0.1, 0.15) is 5.75 Å². The molecule has 0 aromatic heterocycles. The molecule has 1 aromatic rings. The van der Waals surface area contributed by atoms with E-state index in [4.69, 9.17) is 4.74 Å². The average Bonchev–Trinajstić information content (AvgIpc) is 2.44. The molecule has 2 rings (SSSR count). The summed E-state index contributed by atoms with van der Waals surface area (Å²) in [7, 11) is 1.65. The van der Waals surface area contributed by atoms with Crippen LogP contribution >= 0.6 is 0 Å². The molecular formula is C12H14O2. The van der Waals surface area contributed by atoms with Crippen molar-refractivity contribution in [3.05, 3.63) is 28.8 Å². The van der Waals surface area contributed by atoms with Crippen LogP contribution < -0.4 is 4.74 Å². The Morgan fingerprint density at radius 2 is 2.14 bits per heavy atom. The second kappa shape index (κ2) is 3.12. The van der Waals surface area contributed by atoms with Gasteiger partial charge in [-0.25, -0.2) is 0 Å². The minimum atomic E-state index is 0.254. The number of carbonyl (C=O) groups excluding carboxylic acids is 1. The van der Waals surface area contributed by atoms with Crippen LogP contribution in [-0.2, 0) is 0 Å². The number of fused-ring (bicyclic) bond motifs is 1. The molecule has 1 atom stereocenters. The number of carbonyl (C=O) groups is 1. The topological polar surface area (TPSA) is 26.3 Å². The first-order valence-corrected chi connectivity index (χ1v) is 4.86. The highest BCUT2D eigenvalue weighted by molar-refractivity contribution is 6.03. The molecule has 2 heteroatoms. The molecular weight excluding hydrogens is 176 g/mol. The third kappa shape index (κ3) is 1.14. The van der Waals surface area contributed by atoms with Crippen molar-refractivity contribution in [3.8, 4) is 5.75 Å². The van der Waals surface area contributed by atoms with Gasteiger partial charge in [0.25, 0.3) is 0 Å². The van der Waals surface area contributed by atoms with E-state index in [0.29, 0.717) is 12.3 Å². The van der Waals surface area contributed by atoms with E-state index in [-0.39, 0.29) is 5.78 Å². The molecule has 0 N–H and O–H groups in total. The van der Waals surface area contributed by atoms with E-state index in [0.717, 1.165) is 22.4 Å². The van der Waals surface area contributed by atoms with Crippen LogP contribution in [-0.4, -0.2) is 12.9 Å². The molecule has 0 amide bonds. The standard InChI is InChI=1S/C12H14O2/c1-7-4-5-10(14-3)12-8(2)6-9(13)11(7)12/h4-5,8H,6H2,1-3H3. The Hall–Kier alpha value is -1.31. The first kappa shape index (κ1) is 9.25. The van der Waals surface area contributed by atoms with Crippen LogP contribution in [0.15, 0.2) is 12.1 Å². The predicted octanol–water partition coefficient (Wildman–Crippen LogP) is 2.69. The first-order valence-electron chi connectivity index (χ1n) is 4.86. The van der Waals surface area contributed by atoms with Crippen LogP contribution in [0, 0.1) is 6.92 Å². The maximum Gasteiger partial charge on any atom is 0.164 e. The van der Waals surface area contributed by atoms with Crippen molar-refractivity contribution in [1.82, 2.24) is 0 Å². The molecule has 0 spiro atoms. The zero-order valence-corrected chi connectivity index (χ0v) is 8.76. The minimum Gasteiger partial charge on any atom is -0.496 e. The molecule has 0 heterocycles. The van der Waals surface area contributed by atoms with E-state index in [1.165, 1.54) is 0 Å². The van der Waals surface area contributed by atoms with Crippen LogP contribution in [0.2, 0.25) is 0 Å². The van der Waals surface area contributed by atoms with Gasteiger partial charge in [0, 0.05) is 17.5 Å². The van der Waals surface area contributed by atoms with Crippen molar-refractivity contribution in [3.63, 3.8) is 0 Å². The van der Waals surface area contributed by atoms with Gasteiger partial charge in [-0.1, -0.05) is 13.0 Å². The molecule has 2 nitrogen and oxygen atoms in total. The fourth-order valence-corrected chi connectivity index (χ4v) is 2.23. The molecule has 14 heavy (non-hydrogen) atoms. The smallest absolute Gasteiger partial charge is 0.164 e. The van der Waals surface area contributed by atoms with E-state index in [1.54, 1.807) is 7.11 Å². The molecule has 1 unspecified atom stereocenters. The zero-order chi connectivity index (χ0) is 10.3. The number of ketones is 1. The Bertz CT molecular complexity index is 394. The van der Waals surface area contributed by atoms with Crippen LogP contribution in [0.5, 0.6) is 5.75 Å². The number of methoxy groups -OCH3 is 1. The Kier molecular flexibility index (Phi) is 2.06. The van der Waals surface area contributed by atoms with E-state index < -0.39 is 0 Å². The van der Waals surface area contributed by atoms with Gasteiger partial charge < -0.3 is 4.74 Å². The summed E-state index contributed by atoms with van der Waals surface area (Å²) in [4.78, 5) is 11.7. The van der Waals surface area contributed by atoms with Crippen LogP contribution in [0.3, 0.4) is 0 Å². The summed E-state index contributed by atoms with van der Waals surface area (Å²) in [6.45, 7) is 4.06. The van der Waals surface area contributed by atoms with Crippen molar-refractivity contribution in [2.24, 2.45) is 0 Å². The maximum atomic E-state index is 11.7. The van der Waals surface area contributed by atoms with Crippen molar-refractivity contribution in [2.75, 3.05) is 7.11 Å². The molecule has 1 aliphatic rings. The van der Waals surface area contributed by atoms with Gasteiger partial charge in [-0.05, 0) is 24.5 Å². The molecule has 0 fully saturated rings. The second-order valence-corrected chi connectivity index (χ2v) is 3.90. The Labute approximate surface area is 83.9 Å². The monoisotopic (exact) mass is 190 g/mol. The molecule has 1 aliphatic carbocycles. The summed E-state index contributed by atoms with van der Waals surface area (Å²) in [6.07, 6.45) is 0.622. The minimum absolute atomic E-state index is 0.254. The van der Waals surface area contributed by atoms with Crippen LogP contribution in [0.1, 0.15) is 40.7 Å². The number of ether oxygens (including phenoxy) is 1. The fourth-order valence-electron chi connectivity index (χ4n) is 2.23.